The Balaban J connectivity index is 1.23. The fraction of sp³-hybridized carbons (Fsp3) is 0.333. The molecule has 9 heteroatoms. The topological polar surface area (TPSA) is 70.4 Å². The van der Waals surface area contributed by atoms with Crippen LogP contribution >= 0.6 is 15.9 Å². The van der Waals surface area contributed by atoms with Gasteiger partial charge in [0.2, 0.25) is 5.82 Å². The lowest BCUT2D eigenvalue weighted by molar-refractivity contribution is 0.0717. The van der Waals surface area contributed by atoms with Gasteiger partial charge in [-0.2, -0.15) is 0 Å². The first-order valence-electron chi connectivity index (χ1n) is 13.6. The van der Waals surface area contributed by atoms with E-state index in [0.29, 0.717) is 18.9 Å². The minimum atomic E-state index is -0.0462. The molecule has 2 fully saturated rings. The number of carbonyl (C=O) groups is 1. The van der Waals surface area contributed by atoms with Gasteiger partial charge in [0.1, 0.15) is 11.6 Å². The zero-order valence-electron chi connectivity index (χ0n) is 21.9. The average Bonchev–Trinajstić information content (AvgIpc) is 3.62. The van der Waals surface area contributed by atoms with Gasteiger partial charge in [-0.1, -0.05) is 64.5 Å². The first-order chi connectivity index (χ1) is 19.2. The summed E-state index contributed by atoms with van der Waals surface area (Å²) >= 11 is 3.52. The molecule has 0 unspecified atom stereocenters. The van der Waals surface area contributed by atoms with E-state index in [0.717, 1.165) is 72.8 Å². The number of pyridine rings is 1. The number of amides is 1. The van der Waals surface area contributed by atoms with Gasteiger partial charge in [-0.3, -0.25) is 9.69 Å². The molecule has 1 atom stereocenters. The number of nitrogens with zero attached hydrogens (tertiary/aromatic N) is 7. The summed E-state index contributed by atoms with van der Waals surface area (Å²) < 4.78 is 3.06. The molecule has 200 valence electrons. The zero-order valence-corrected chi connectivity index (χ0v) is 23.4. The minimum Gasteiger partial charge on any atom is -0.354 e. The number of benzene rings is 2. The van der Waals surface area contributed by atoms with E-state index in [-0.39, 0.29) is 11.9 Å². The summed E-state index contributed by atoms with van der Waals surface area (Å²) in [6.07, 6.45) is 3.77. The van der Waals surface area contributed by atoms with Crippen LogP contribution in [0.2, 0.25) is 0 Å². The van der Waals surface area contributed by atoms with Crippen molar-refractivity contribution in [3.63, 3.8) is 0 Å². The van der Waals surface area contributed by atoms with E-state index in [9.17, 15) is 4.79 Å². The molecule has 2 aliphatic heterocycles. The molecule has 4 heterocycles. The fourth-order valence-corrected chi connectivity index (χ4v) is 5.85. The molecular formula is C30H32BrN7O. The zero-order chi connectivity index (χ0) is 26.6. The van der Waals surface area contributed by atoms with Crippen molar-refractivity contribution in [2.24, 2.45) is 0 Å². The number of piperazine rings is 1. The summed E-state index contributed by atoms with van der Waals surface area (Å²) in [5, 5.41) is 9.07. The Morgan fingerprint density at radius 3 is 2.36 bits per heavy atom. The molecule has 2 aromatic carbocycles. The van der Waals surface area contributed by atoms with Crippen LogP contribution in [0.15, 0.2) is 83.5 Å². The molecule has 2 aliphatic rings. The summed E-state index contributed by atoms with van der Waals surface area (Å²) in [7, 11) is 0. The Morgan fingerprint density at radius 2 is 1.62 bits per heavy atom. The van der Waals surface area contributed by atoms with Crippen molar-refractivity contribution in [3.8, 4) is 0 Å². The van der Waals surface area contributed by atoms with Crippen LogP contribution in [0.5, 0.6) is 0 Å². The van der Waals surface area contributed by atoms with Gasteiger partial charge in [0.15, 0.2) is 0 Å². The predicted octanol–water partition coefficient (Wildman–Crippen LogP) is 4.78. The number of hydrogen-bond acceptors (Lipinski definition) is 6. The molecule has 0 N–H and O–H groups in total. The van der Waals surface area contributed by atoms with Gasteiger partial charge in [0, 0.05) is 43.4 Å². The van der Waals surface area contributed by atoms with Crippen molar-refractivity contribution in [2.75, 3.05) is 37.6 Å². The molecule has 2 saturated heterocycles. The number of aromatic nitrogens is 4. The number of hydrogen-bond donors (Lipinski definition) is 0. The molecule has 4 aromatic rings. The van der Waals surface area contributed by atoms with Crippen LogP contribution in [0.25, 0.3) is 0 Å². The molecule has 6 rings (SSSR count). The third kappa shape index (κ3) is 5.74. The van der Waals surface area contributed by atoms with Crippen molar-refractivity contribution in [1.82, 2.24) is 29.5 Å². The Labute approximate surface area is 237 Å². The highest BCUT2D eigenvalue weighted by Gasteiger charge is 2.34. The average molecular weight is 587 g/mol. The normalized spacial score (nSPS) is 18.0. The summed E-state index contributed by atoms with van der Waals surface area (Å²) in [5.74, 6) is 2.22. The van der Waals surface area contributed by atoms with Gasteiger partial charge < -0.3 is 14.4 Å². The Hall–Kier alpha value is -3.56. The Morgan fingerprint density at radius 1 is 0.846 bits per heavy atom. The summed E-state index contributed by atoms with van der Waals surface area (Å²) in [6, 6.07) is 24.6. The van der Waals surface area contributed by atoms with Gasteiger partial charge in [-0.25, -0.2) is 4.98 Å². The van der Waals surface area contributed by atoms with Crippen LogP contribution in [0.3, 0.4) is 0 Å². The Bertz CT molecular complexity index is 1390. The molecular weight excluding hydrogens is 554 g/mol. The first kappa shape index (κ1) is 25.7. The van der Waals surface area contributed by atoms with E-state index in [1.165, 1.54) is 0 Å². The number of carbonyl (C=O) groups excluding carboxylic acids is 1. The monoisotopic (exact) mass is 585 g/mol. The van der Waals surface area contributed by atoms with Crippen LogP contribution in [0.4, 0.5) is 5.82 Å². The number of anilines is 1. The molecule has 0 aliphatic carbocycles. The van der Waals surface area contributed by atoms with Crippen molar-refractivity contribution in [3.05, 3.63) is 106 Å². The number of likely N-dealkylation sites (tertiary alicyclic amines) is 1. The van der Waals surface area contributed by atoms with Crippen LogP contribution in [-0.2, 0) is 13.1 Å². The predicted molar refractivity (Wildman–Crippen MR) is 154 cm³/mol. The highest BCUT2D eigenvalue weighted by molar-refractivity contribution is 9.10. The third-order valence-corrected chi connectivity index (χ3v) is 8.21. The molecule has 0 spiro atoms. The second-order valence-electron chi connectivity index (χ2n) is 10.2. The van der Waals surface area contributed by atoms with Crippen molar-refractivity contribution in [1.29, 1.82) is 0 Å². The summed E-state index contributed by atoms with van der Waals surface area (Å²) in [5.41, 5.74) is 2.28. The molecule has 2 aromatic heterocycles. The second-order valence-corrected chi connectivity index (χ2v) is 11.1. The van der Waals surface area contributed by atoms with E-state index >= 15 is 0 Å². The fourth-order valence-electron chi connectivity index (χ4n) is 5.59. The standard InChI is InChI=1S/C30H32BrN7O/c31-25-13-11-24(12-14-25)26-9-6-16-37(26)30(39)29-34-33-28(38(29)21-23-7-2-1-3-8-23)22-35-17-19-36(20-18-35)27-10-4-5-15-32-27/h1-5,7-8,10-15,26H,6,9,16-22H2/t26-/m1/s1. The van der Waals surface area contributed by atoms with E-state index in [2.05, 4.69) is 71.2 Å². The van der Waals surface area contributed by atoms with Gasteiger partial charge in [-0.05, 0) is 48.2 Å². The maximum absolute atomic E-state index is 14.0. The van der Waals surface area contributed by atoms with E-state index in [1.807, 2.05) is 58.1 Å². The lowest BCUT2D eigenvalue weighted by Gasteiger charge is -2.35. The minimum absolute atomic E-state index is 0.0462. The van der Waals surface area contributed by atoms with Crippen molar-refractivity contribution < 1.29 is 4.79 Å². The summed E-state index contributed by atoms with van der Waals surface area (Å²) in [4.78, 5) is 25.2. The largest absolute Gasteiger partial charge is 0.354 e. The molecule has 0 saturated carbocycles. The van der Waals surface area contributed by atoms with E-state index in [1.54, 1.807) is 0 Å². The Kier molecular flexibility index (Phi) is 7.69. The van der Waals surface area contributed by atoms with Crippen molar-refractivity contribution >= 4 is 27.7 Å². The lowest BCUT2D eigenvalue weighted by Crippen LogP contribution is -2.46. The SMILES string of the molecule is O=C(c1nnc(CN2CCN(c3ccccn3)CC2)n1Cc1ccccc1)N1CCC[C@@H]1c1ccc(Br)cc1. The molecule has 39 heavy (non-hydrogen) atoms. The maximum Gasteiger partial charge on any atom is 0.292 e. The van der Waals surface area contributed by atoms with E-state index < -0.39 is 0 Å². The van der Waals surface area contributed by atoms with Crippen LogP contribution < -0.4 is 4.90 Å². The van der Waals surface area contributed by atoms with Gasteiger partial charge >= 0.3 is 0 Å². The number of rotatable bonds is 7. The van der Waals surface area contributed by atoms with Crippen LogP contribution in [0.1, 0.15) is 46.5 Å². The quantitative estimate of drug-likeness (QED) is 0.311. The molecule has 0 radical (unpaired) electrons. The lowest BCUT2D eigenvalue weighted by atomic mass is 10.0. The van der Waals surface area contributed by atoms with Crippen molar-refractivity contribution in [2.45, 2.75) is 32.0 Å². The third-order valence-electron chi connectivity index (χ3n) is 7.68. The van der Waals surface area contributed by atoms with Gasteiger partial charge in [-0.15, -0.1) is 10.2 Å². The molecule has 1 amide bonds. The second kappa shape index (κ2) is 11.7. The highest BCUT2D eigenvalue weighted by atomic mass is 79.9. The highest BCUT2D eigenvalue weighted by Crippen LogP contribution is 2.33. The molecule has 8 nitrogen and oxygen atoms in total. The maximum atomic E-state index is 14.0. The van der Waals surface area contributed by atoms with Crippen LogP contribution in [-0.4, -0.2) is 68.2 Å². The first-order valence-corrected chi connectivity index (χ1v) is 14.4. The number of halogens is 1. The van der Waals surface area contributed by atoms with Gasteiger partial charge in [0.25, 0.3) is 5.91 Å². The van der Waals surface area contributed by atoms with Crippen LogP contribution in [0, 0.1) is 0 Å². The summed E-state index contributed by atoms with van der Waals surface area (Å²) in [6.45, 7) is 5.54. The van der Waals surface area contributed by atoms with Gasteiger partial charge in [0.05, 0.1) is 19.1 Å². The van der Waals surface area contributed by atoms with E-state index in [4.69, 9.17) is 0 Å². The molecule has 0 bridgehead atoms. The smallest absolute Gasteiger partial charge is 0.292 e.